The lowest BCUT2D eigenvalue weighted by Gasteiger charge is -2.45. The maximum Gasteiger partial charge on any atom is 0.355 e. The Kier molecular flexibility index (Phi) is 7.91. The molecule has 4 aromatic rings. The van der Waals surface area contributed by atoms with Crippen LogP contribution in [0.3, 0.4) is 0 Å². The van der Waals surface area contributed by atoms with Crippen LogP contribution in [-0.2, 0) is 4.79 Å². The Bertz CT molecular complexity index is 1960. The molecule has 45 heavy (non-hydrogen) atoms. The van der Waals surface area contributed by atoms with Gasteiger partial charge in [0.05, 0.1) is 60.5 Å². The second kappa shape index (κ2) is 11.5. The number of carbonyl (C=O) groups is 1. The van der Waals surface area contributed by atoms with Gasteiger partial charge in [0.15, 0.2) is 11.5 Å². The van der Waals surface area contributed by atoms with E-state index in [0.29, 0.717) is 47.9 Å². The van der Waals surface area contributed by atoms with E-state index in [1.165, 1.54) is 16.7 Å². The van der Waals surface area contributed by atoms with Gasteiger partial charge < -0.3 is 20.9 Å². The summed E-state index contributed by atoms with van der Waals surface area (Å²) >= 11 is 19.6. The van der Waals surface area contributed by atoms with Gasteiger partial charge in [0.25, 0.3) is 0 Å². The number of nitrogens with one attached hydrogen (secondary N) is 1. The number of nitrogens with two attached hydrogens (primary N) is 1. The van der Waals surface area contributed by atoms with Gasteiger partial charge in [-0.25, -0.2) is 18.7 Å². The van der Waals surface area contributed by atoms with E-state index in [0.717, 1.165) is 5.56 Å². The Labute approximate surface area is 273 Å². The highest BCUT2D eigenvalue weighted by Gasteiger charge is 2.40. The predicted octanol–water partition coefficient (Wildman–Crippen LogP) is 5.97. The minimum Gasteiger partial charge on any atom is -0.397 e. The summed E-state index contributed by atoms with van der Waals surface area (Å²) in [6.45, 7) is 12.4. The largest absolute Gasteiger partial charge is 0.397 e. The molecular weight excluding hydrogens is 642 g/mol. The summed E-state index contributed by atoms with van der Waals surface area (Å²) in [5.41, 5.74) is 7.79. The molecule has 5 heterocycles. The average molecular weight is 672 g/mol. The summed E-state index contributed by atoms with van der Waals surface area (Å²) in [4.78, 5) is 44.7. The minimum atomic E-state index is -0.860. The van der Waals surface area contributed by atoms with Gasteiger partial charge in [-0.2, -0.15) is 4.98 Å². The van der Waals surface area contributed by atoms with Crippen molar-refractivity contribution >= 4 is 68.9 Å². The zero-order chi connectivity index (χ0) is 32.5. The van der Waals surface area contributed by atoms with E-state index < -0.39 is 11.5 Å². The SMILES string of the molecule is C=CC(=O)N1CC(C)N2c3nc(=O)n(-c4c(C)ccnc4C(C)C)c4nc(-c5c(N)c(Cl)cc(Cl)c5F)c(Cl)c(c34)NCC2C1. The van der Waals surface area contributed by atoms with Gasteiger partial charge in [-0.3, -0.25) is 9.78 Å². The standard InChI is InChI=1S/C31H30Cl3FN8O2/c1-6-19(44)41-11-15(5)42-16(12-41)10-38-26-21-29(39-27(22(26)34)20-23(35)17(32)9-18(33)24(20)36)43(31(45)40-30(21)42)28-14(4)7-8-37-25(28)13(2)3/h6-9,13,15-16,38H,1,10-12,36H2,2-5H3. The first kappa shape index (κ1) is 31.1. The van der Waals surface area contributed by atoms with Crippen molar-refractivity contribution in [3.05, 3.63) is 73.6 Å². The molecule has 0 aliphatic carbocycles. The molecule has 1 fully saturated rings. The van der Waals surface area contributed by atoms with E-state index in [1.54, 1.807) is 17.2 Å². The molecule has 1 amide bonds. The average Bonchev–Trinajstić information content (AvgIpc) is 3.16. The predicted molar refractivity (Wildman–Crippen MR) is 178 cm³/mol. The van der Waals surface area contributed by atoms with Crippen LogP contribution < -0.4 is 21.6 Å². The van der Waals surface area contributed by atoms with Gasteiger partial charge in [-0.1, -0.05) is 55.2 Å². The van der Waals surface area contributed by atoms with Crippen molar-refractivity contribution in [2.24, 2.45) is 0 Å². The smallest absolute Gasteiger partial charge is 0.355 e. The first-order valence-electron chi connectivity index (χ1n) is 14.3. The Morgan fingerprint density at radius 2 is 1.96 bits per heavy atom. The number of benzene rings is 1. The monoisotopic (exact) mass is 670 g/mol. The number of nitrogen functional groups attached to an aromatic ring is 1. The number of pyridine rings is 2. The fraction of sp³-hybridized carbons (Fsp3) is 0.323. The number of rotatable bonds is 4. The molecule has 3 aromatic heterocycles. The van der Waals surface area contributed by atoms with Gasteiger partial charge in [0.2, 0.25) is 5.91 Å². The molecule has 2 aliphatic rings. The number of hydrogen-bond acceptors (Lipinski definition) is 8. The second-order valence-electron chi connectivity index (χ2n) is 11.6. The summed E-state index contributed by atoms with van der Waals surface area (Å²) < 4.78 is 17.2. The highest BCUT2D eigenvalue weighted by molar-refractivity contribution is 6.40. The van der Waals surface area contributed by atoms with Crippen molar-refractivity contribution in [2.75, 3.05) is 35.6 Å². The number of halogens is 4. The van der Waals surface area contributed by atoms with E-state index in [4.69, 9.17) is 45.5 Å². The number of hydrogen-bond donors (Lipinski definition) is 2. The lowest BCUT2D eigenvalue weighted by Crippen LogP contribution is -2.61. The molecule has 3 N–H and O–H groups in total. The van der Waals surface area contributed by atoms with Crippen LogP contribution in [0.5, 0.6) is 0 Å². The van der Waals surface area contributed by atoms with E-state index in [-0.39, 0.29) is 61.6 Å². The van der Waals surface area contributed by atoms with Gasteiger partial charge in [-0.15, -0.1) is 0 Å². The van der Waals surface area contributed by atoms with Crippen molar-refractivity contribution in [1.82, 2.24) is 24.4 Å². The molecule has 2 aliphatic heterocycles. The fourth-order valence-electron chi connectivity index (χ4n) is 6.31. The quantitative estimate of drug-likeness (QED) is 0.155. The van der Waals surface area contributed by atoms with Crippen molar-refractivity contribution < 1.29 is 9.18 Å². The Hall–Kier alpha value is -3.93. The lowest BCUT2D eigenvalue weighted by molar-refractivity contribution is -0.127. The summed E-state index contributed by atoms with van der Waals surface area (Å²) in [6, 6.07) is 2.46. The Morgan fingerprint density at radius 3 is 2.64 bits per heavy atom. The summed E-state index contributed by atoms with van der Waals surface area (Å²) in [5, 5.41) is 3.65. The van der Waals surface area contributed by atoms with Crippen LogP contribution in [0.2, 0.25) is 15.1 Å². The molecule has 6 rings (SSSR count). The van der Waals surface area contributed by atoms with Crippen molar-refractivity contribution in [3.63, 3.8) is 0 Å². The third kappa shape index (κ3) is 4.88. The van der Waals surface area contributed by atoms with Crippen LogP contribution in [0.4, 0.5) is 21.6 Å². The molecule has 0 bridgehead atoms. The minimum absolute atomic E-state index is 0.0177. The molecule has 0 saturated carbocycles. The third-order valence-electron chi connectivity index (χ3n) is 8.35. The van der Waals surface area contributed by atoms with E-state index in [1.807, 2.05) is 32.6 Å². The molecule has 234 valence electrons. The van der Waals surface area contributed by atoms with E-state index in [2.05, 4.69) is 21.9 Å². The molecular formula is C31H30Cl3FN8O2. The van der Waals surface area contributed by atoms with Crippen molar-refractivity contribution in [3.8, 4) is 16.9 Å². The van der Waals surface area contributed by atoms with Gasteiger partial charge in [0, 0.05) is 31.9 Å². The highest BCUT2D eigenvalue weighted by atomic mass is 35.5. The van der Waals surface area contributed by atoms with Crippen LogP contribution in [0, 0.1) is 12.7 Å². The Balaban J connectivity index is 1.76. The van der Waals surface area contributed by atoms with Crippen molar-refractivity contribution in [1.29, 1.82) is 0 Å². The molecule has 1 aromatic carbocycles. The number of anilines is 3. The number of carbonyl (C=O) groups excluding carboxylic acids is 1. The maximum absolute atomic E-state index is 15.8. The van der Waals surface area contributed by atoms with Gasteiger partial charge in [-0.05, 0) is 43.5 Å². The zero-order valence-corrected chi connectivity index (χ0v) is 27.2. The first-order chi connectivity index (χ1) is 21.3. The topological polar surface area (TPSA) is 122 Å². The summed E-state index contributed by atoms with van der Waals surface area (Å²) in [6.07, 6.45) is 2.96. The number of aryl methyl sites for hydroxylation is 1. The number of fused-ring (bicyclic) bond motifs is 2. The number of amides is 1. The second-order valence-corrected chi connectivity index (χ2v) is 12.8. The van der Waals surface area contributed by atoms with Gasteiger partial charge >= 0.3 is 5.69 Å². The molecule has 1 saturated heterocycles. The number of nitrogens with zero attached hydrogens (tertiary/aromatic N) is 6. The van der Waals surface area contributed by atoms with Crippen molar-refractivity contribution in [2.45, 2.75) is 45.7 Å². The zero-order valence-electron chi connectivity index (χ0n) is 25.0. The first-order valence-corrected chi connectivity index (χ1v) is 15.5. The molecule has 2 unspecified atom stereocenters. The Morgan fingerprint density at radius 1 is 1.22 bits per heavy atom. The third-order valence-corrected chi connectivity index (χ3v) is 9.30. The number of aromatic nitrogens is 4. The summed E-state index contributed by atoms with van der Waals surface area (Å²) in [5.74, 6) is -0.779. The molecule has 2 atom stereocenters. The molecule has 10 nitrogen and oxygen atoms in total. The normalized spacial score (nSPS) is 17.7. The van der Waals surface area contributed by atoms with E-state index in [9.17, 15) is 9.59 Å². The fourth-order valence-corrected chi connectivity index (χ4v) is 7.08. The summed E-state index contributed by atoms with van der Waals surface area (Å²) in [7, 11) is 0. The molecule has 0 spiro atoms. The molecule has 0 radical (unpaired) electrons. The lowest BCUT2D eigenvalue weighted by atomic mass is 10.0. The van der Waals surface area contributed by atoms with Crippen LogP contribution in [0.25, 0.3) is 28.0 Å². The highest BCUT2D eigenvalue weighted by Crippen LogP contribution is 2.47. The maximum atomic E-state index is 15.8. The van der Waals surface area contributed by atoms with E-state index >= 15 is 4.39 Å². The number of piperazine rings is 1. The van der Waals surface area contributed by atoms with Crippen LogP contribution in [0.15, 0.2) is 35.8 Å². The van der Waals surface area contributed by atoms with Crippen LogP contribution in [0.1, 0.15) is 37.9 Å². The van der Waals surface area contributed by atoms with Crippen LogP contribution in [-0.4, -0.2) is 62.0 Å². The van der Waals surface area contributed by atoms with Gasteiger partial charge in [0.1, 0.15) is 5.82 Å². The molecule has 14 heteroatoms. The van der Waals surface area contributed by atoms with Crippen LogP contribution >= 0.6 is 34.8 Å².